The number of benzene rings is 8. The highest BCUT2D eigenvalue weighted by Gasteiger charge is 2.36. The zero-order valence-electron chi connectivity index (χ0n) is 28.6. The summed E-state index contributed by atoms with van der Waals surface area (Å²) in [5.41, 5.74) is 13.7. The molecule has 0 N–H and O–H groups in total. The maximum atomic E-state index is 2.48. The van der Waals surface area contributed by atoms with E-state index in [4.69, 9.17) is 0 Å². The molecule has 8 aromatic carbocycles. The number of nitrogens with zero attached hydrogens (tertiary/aromatic N) is 1. The Bertz CT molecular complexity index is 2770. The minimum atomic E-state index is -0.102. The van der Waals surface area contributed by atoms with Gasteiger partial charge in [0.1, 0.15) is 0 Å². The molecule has 0 aliphatic heterocycles. The number of rotatable bonds is 5. The van der Waals surface area contributed by atoms with Crippen LogP contribution < -0.4 is 4.90 Å². The van der Waals surface area contributed by atoms with Crippen LogP contribution in [0, 0.1) is 0 Å². The van der Waals surface area contributed by atoms with Gasteiger partial charge >= 0.3 is 0 Å². The van der Waals surface area contributed by atoms with E-state index in [9.17, 15) is 0 Å². The Kier molecular flexibility index (Phi) is 6.78. The molecule has 9 aromatic rings. The second-order valence-electron chi connectivity index (χ2n) is 14.1. The zero-order valence-corrected chi connectivity index (χ0v) is 29.4. The zero-order chi connectivity index (χ0) is 34.1. The van der Waals surface area contributed by atoms with Crippen molar-refractivity contribution in [3.8, 4) is 33.4 Å². The summed E-state index contributed by atoms with van der Waals surface area (Å²) in [6, 6.07) is 64.8. The van der Waals surface area contributed by atoms with Gasteiger partial charge in [0, 0.05) is 47.9 Å². The molecule has 2 heteroatoms. The molecule has 1 aromatic heterocycles. The van der Waals surface area contributed by atoms with E-state index in [0.29, 0.717) is 0 Å². The van der Waals surface area contributed by atoms with Crippen LogP contribution in [0.5, 0.6) is 0 Å². The van der Waals surface area contributed by atoms with E-state index in [-0.39, 0.29) is 5.41 Å². The van der Waals surface area contributed by atoms with Crippen molar-refractivity contribution in [1.29, 1.82) is 0 Å². The molecule has 51 heavy (non-hydrogen) atoms. The molecule has 10 rings (SSSR count). The lowest BCUT2D eigenvalue weighted by Gasteiger charge is -2.30. The third-order valence-electron chi connectivity index (χ3n) is 10.9. The van der Waals surface area contributed by atoms with Crippen molar-refractivity contribution in [2.45, 2.75) is 19.3 Å². The summed E-state index contributed by atoms with van der Waals surface area (Å²) in [6.07, 6.45) is 0. The molecule has 0 saturated heterocycles. The summed E-state index contributed by atoms with van der Waals surface area (Å²) in [5.74, 6) is 0. The van der Waals surface area contributed by atoms with E-state index in [0.717, 1.165) is 17.1 Å². The summed E-state index contributed by atoms with van der Waals surface area (Å²) in [7, 11) is 0. The Hall–Kier alpha value is -5.96. The lowest BCUT2D eigenvalue weighted by molar-refractivity contribution is 0.660. The highest BCUT2D eigenvalue weighted by molar-refractivity contribution is 7.26. The number of thiophene rings is 1. The molecule has 0 amide bonds. The summed E-state index contributed by atoms with van der Waals surface area (Å²) < 4.78 is 2.64. The smallest absolute Gasteiger partial charge is 0.0540 e. The molecule has 0 bridgehead atoms. The molecule has 0 saturated carbocycles. The fourth-order valence-corrected chi connectivity index (χ4v) is 9.57. The van der Waals surface area contributed by atoms with E-state index in [1.165, 1.54) is 75.5 Å². The first-order valence-electron chi connectivity index (χ1n) is 17.7. The molecule has 1 heterocycles. The standard InChI is InChI=1S/C49H35NS/c1-49(2)44-23-13-11-21-38(44)39-27-25-35(30-45(39)49)50(46-24-14-12-19-36(46)32-15-5-3-6-16-32)34-26-28-47-42(29-34)43-31-41(33-17-7-4-8-18-33)37-20-9-10-22-40(37)48(43)51-47/h3-31H,1-2H3. The third-order valence-corrected chi connectivity index (χ3v) is 12.1. The predicted octanol–water partition coefficient (Wildman–Crippen LogP) is 14.3. The summed E-state index contributed by atoms with van der Waals surface area (Å²) in [6.45, 7) is 4.73. The average molecular weight is 670 g/mol. The molecule has 0 unspecified atom stereocenters. The monoisotopic (exact) mass is 669 g/mol. The first-order valence-corrected chi connectivity index (χ1v) is 18.5. The molecule has 1 aliphatic carbocycles. The number of hydrogen-bond acceptors (Lipinski definition) is 2. The van der Waals surface area contributed by atoms with Crippen LogP contribution in [0.2, 0.25) is 0 Å². The second-order valence-corrected chi connectivity index (χ2v) is 15.2. The van der Waals surface area contributed by atoms with Gasteiger partial charge in [-0.2, -0.15) is 0 Å². The minimum absolute atomic E-state index is 0.102. The second kappa shape index (κ2) is 11.6. The Labute approximate surface area is 302 Å². The Morgan fingerprint density at radius 2 is 1.00 bits per heavy atom. The SMILES string of the molecule is CC1(C)c2ccccc2-c2ccc(N(c3ccc4sc5c6ccccc6c(-c6ccccc6)cc5c4c3)c3ccccc3-c3ccccc3)cc21. The van der Waals surface area contributed by atoms with Crippen LogP contribution in [-0.2, 0) is 5.41 Å². The normalized spacial score (nSPS) is 13.1. The number of para-hydroxylation sites is 1. The highest BCUT2D eigenvalue weighted by Crippen LogP contribution is 2.52. The van der Waals surface area contributed by atoms with Crippen molar-refractivity contribution in [2.24, 2.45) is 0 Å². The van der Waals surface area contributed by atoms with Gasteiger partial charge in [0.05, 0.1) is 5.69 Å². The molecule has 242 valence electrons. The maximum Gasteiger partial charge on any atom is 0.0540 e. The predicted molar refractivity (Wildman–Crippen MR) is 220 cm³/mol. The van der Waals surface area contributed by atoms with Crippen molar-refractivity contribution in [2.75, 3.05) is 4.90 Å². The van der Waals surface area contributed by atoms with Crippen molar-refractivity contribution in [1.82, 2.24) is 0 Å². The summed E-state index contributed by atoms with van der Waals surface area (Å²) in [4.78, 5) is 2.48. The average Bonchev–Trinajstić information content (AvgIpc) is 3.67. The molecule has 1 aliphatic rings. The van der Waals surface area contributed by atoms with Crippen molar-refractivity contribution in [3.63, 3.8) is 0 Å². The van der Waals surface area contributed by atoms with Crippen LogP contribution in [0.25, 0.3) is 64.3 Å². The summed E-state index contributed by atoms with van der Waals surface area (Å²) in [5, 5.41) is 5.19. The molecular weight excluding hydrogens is 635 g/mol. The first kappa shape index (κ1) is 29.9. The van der Waals surface area contributed by atoms with Crippen LogP contribution in [0.1, 0.15) is 25.0 Å². The van der Waals surface area contributed by atoms with Gasteiger partial charge in [0.25, 0.3) is 0 Å². The van der Waals surface area contributed by atoms with Crippen LogP contribution in [-0.4, -0.2) is 0 Å². The van der Waals surface area contributed by atoms with Gasteiger partial charge in [0.2, 0.25) is 0 Å². The fraction of sp³-hybridized carbons (Fsp3) is 0.0612. The lowest BCUT2D eigenvalue weighted by atomic mass is 9.82. The van der Waals surface area contributed by atoms with Gasteiger partial charge in [-0.1, -0.05) is 147 Å². The topological polar surface area (TPSA) is 3.24 Å². The quantitative estimate of drug-likeness (QED) is 0.176. The lowest BCUT2D eigenvalue weighted by Crippen LogP contribution is -2.16. The fourth-order valence-electron chi connectivity index (χ4n) is 8.37. The number of fused-ring (bicyclic) bond motifs is 8. The largest absolute Gasteiger partial charge is 0.310 e. The van der Waals surface area contributed by atoms with Crippen molar-refractivity contribution in [3.05, 3.63) is 187 Å². The van der Waals surface area contributed by atoms with Crippen LogP contribution in [0.3, 0.4) is 0 Å². The molecule has 0 spiro atoms. The van der Waals surface area contributed by atoms with Gasteiger partial charge in [-0.05, 0) is 86.8 Å². The van der Waals surface area contributed by atoms with Crippen molar-refractivity contribution >= 4 is 59.3 Å². The van der Waals surface area contributed by atoms with Gasteiger partial charge in [-0.15, -0.1) is 11.3 Å². The molecule has 0 atom stereocenters. The number of hydrogen-bond donors (Lipinski definition) is 0. The van der Waals surface area contributed by atoms with Gasteiger partial charge in [-0.3, -0.25) is 0 Å². The minimum Gasteiger partial charge on any atom is -0.310 e. The van der Waals surface area contributed by atoms with E-state index in [2.05, 4.69) is 195 Å². The molecular formula is C49H35NS. The number of anilines is 3. The highest BCUT2D eigenvalue weighted by atomic mass is 32.1. The van der Waals surface area contributed by atoms with Crippen molar-refractivity contribution < 1.29 is 0 Å². The summed E-state index contributed by atoms with van der Waals surface area (Å²) >= 11 is 1.90. The molecule has 1 nitrogen and oxygen atoms in total. The molecule has 0 fully saturated rings. The van der Waals surface area contributed by atoms with Crippen LogP contribution in [0.15, 0.2) is 176 Å². The van der Waals surface area contributed by atoms with Crippen LogP contribution in [0.4, 0.5) is 17.1 Å². The van der Waals surface area contributed by atoms with E-state index in [1.807, 2.05) is 11.3 Å². The Balaban J connectivity index is 1.23. The van der Waals surface area contributed by atoms with E-state index in [1.54, 1.807) is 0 Å². The van der Waals surface area contributed by atoms with Gasteiger partial charge < -0.3 is 4.90 Å². The van der Waals surface area contributed by atoms with Gasteiger partial charge in [0.15, 0.2) is 0 Å². The molecule has 0 radical (unpaired) electrons. The first-order chi connectivity index (χ1) is 25.1. The van der Waals surface area contributed by atoms with Gasteiger partial charge in [-0.25, -0.2) is 0 Å². The maximum absolute atomic E-state index is 2.48. The Morgan fingerprint density at radius 1 is 0.412 bits per heavy atom. The van der Waals surface area contributed by atoms with E-state index < -0.39 is 0 Å². The van der Waals surface area contributed by atoms with Crippen LogP contribution >= 0.6 is 11.3 Å². The Morgan fingerprint density at radius 3 is 1.78 bits per heavy atom. The van der Waals surface area contributed by atoms with E-state index >= 15 is 0 Å². The third kappa shape index (κ3) is 4.67.